The number of sulfonamides is 1. The Morgan fingerprint density at radius 1 is 1.29 bits per heavy atom. The standard InChI is InChI=1S/C16H25N3O4S/c1-8(2)19-10(4)15(9(3)17-19)24(22,23)18-14-12-6-5-11(7-12)13(14)16(20)21/h8,11-14,18H,5-7H2,1-4H3,(H,20,21). The van der Waals surface area contributed by atoms with E-state index in [0.29, 0.717) is 11.4 Å². The summed E-state index contributed by atoms with van der Waals surface area (Å²) >= 11 is 0. The van der Waals surface area contributed by atoms with E-state index in [1.807, 2.05) is 13.8 Å². The minimum Gasteiger partial charge on any atom is -0.481 e. The number of rotatable bonds is 5. The average molecular weight is 355 g/mol. The number of aryl methyl sites for hydroxylation is 1. The fraction of sp³-hybridized carbons (Fsp3) is 0.750. The van der Waals surface area contributed by atoms with E-state index in [-0.39, 0.29) is 22.8 Å². The van der Waals surface area contributed by atoms with E-state index in [2.05, 4.69) is 9.82 Å². The Morgan fingerprint density at radius 2 is 1.92 bits per heavy atom. The van der Waals surface area contributed by atoms with Crippen molar-refractivity contribution in [2.75, 3.05) is 0 Å². The molecule has 1 aromatic heterocycles. The fourth-order valence-electron chi connectivity index (χ4n) is 4.59. The molecule has 0 aromatic carbocycles. The summed E-state index contributed by atoms with van der Waals surface area (Å²) in [5.74, 6) is -1.33. The molecule has 2 bridgehead atoms. The smallest absolute Gasteiger partial charge is 0.308 e. The Labute approximate surface area is 142 Å². The summed E-state index contributed by atoms with van der Waals surface area (Å²) in [7, 11) is -3.80. The molecule has 0 radical (unpaired) electrons. The van der Waals surface area contributed by atoms with Gasteiger partial charge in [0.15, 0.2) is 0 Å². The Bertz CT molecular complexity index is 769. The van der Waals surface area contributed by atoms with Crippen LogP contribution in [-0.2, 0) is 14.8 Å². The Kier molecular flexibility index (Phi) is 4.24. The van der Waals surface area contributed by atoms with E-state index < -0.39 is 28.0 Å². The lowest BCUT2D eigenvalue weighted by atomic mass is 9.85. The van der Waals surface area contributed by atoms with Crippen LogP contribution in [0.4, 0.5) is 0 Å². The summed E-state index contributed by atoms with van der Waals surface area (Å²) in [6.45, 7) is 7.30. The van der Waals surface area contributed by atoms with Crippen molar-refractivity contribution >= 4 is 16.0 Å². The normalized spacial score (nSPS) is 29.5. The molecule has 0 spiro atoms. The molecule has 2 saturated carbocycles. The molecule has 7 nitrogen and oxygen atoms in total. The molecule has 4 atom stereocenters. The molecule has 2 fully saturated rings. The Morgan fingerprint density at radius 3 is 2.46 bits per heavy atom. The fourth-order valence-corrected chi connectivity index (χ4v) is 6.32. The number of carboxylic acid groups (broad SMARTS) is 1. The first-order valence-electron chi connectivity index (χ1n) is 8.44. The topological polar surface area (TPSA) is 101 Å². The van der Waals surface area contributed by atoms with Crippen LogP contribution in [0.2, 0.25) is 0 Å². The molecule has 2 aliphatic carbocycles. The second-order valence-corrected chi connectivity index (χ2v) is 9.03. The van der Waals surface area contributed by atoms with Crippen LogP contribution in [0.5, 0.6) is 0 Å². The predicted octanol–water partition coefficient (Wildman–Crippen LogP) is 1.86. The lowest BCUT2D eigenvalue weighted by Gasteiger charge is -2.28. The van der Waals surface area contributed by atoms with E-state index in [1.165, 1.54) is 0 Å². The Hall–Kier alpha value is -1.41. The van der Waals surface area contributed by atoms with Crippen molar-refractivity contribution in [3.63, 3.8) is 0 Å². The SMILES string of the molecule is Cc1nn(C(C)C)c(C)c1S(=O)(=O)NC1C2CCC(C2)C1C(=O)O. The van der Waals surface area contributed by atoms with Gasteiger partial charge in [0.1, 0.15) is 4.90 Å². The number of hydrogen-bond donors (Lipinski definition) is 2. The van der Waals surface area contributed by atoms with Gasteiger partial charge in [-0.2, -0.15) is 5.10 Å². The lowest BCUT2D eigenvalue weighted by molar-refractivity contribution is -0.144. The monoisotopic (exact) mass is 355 g/mol. The highest BCUT2D eigenvalue weighted by Crippen LogP contribution is 2.49. The molecular weight excluding hydrogens is 330 g/mol. The maximum atomic E-state index is 13.0. The number of carbonyl (C=O) groups is 1. The summed E-state index contributed by atoms with van der Waals surface area (Å²) in [6, 6.07) is -0.464. The molecule has 0 aliphatic heterocycles. The van der Waals surface area contributed by atoms with Crippen LogP contribution in [0.1, 0.15) is 50.5 Å². The number of carboxylic acids is 1. The van der Waals surface area contributed by atoms with Crippen molar-refractivity contribution < 1.29 is 18.3 Å². The highest BCUT2D eigenvalue weighted by atomic mass is 32.2. The van der Waals surface area contributed by atoms with Gasteiger partial charge in [-0.25, -0.2) is 13.1 Å². The van der Waals surface area contributed by atoms with Gasteiger partial charge in [0.05, 0.1) is 17.3 Å². The Balaban J connectivity index is 1.94. The zero-order valence-corrected chi connectivity index (χ0v) is 15.3. The molecular formula is C16H25N3O4S. The first-order chi connectivity index (χ1) is 11.1. The first-order valence-corrected chi connectivity index (χ1v) is 9.92. The van der Waals surface area contributed by atoms with E-state index in [1.54, 1.807) is 18.5 Å². The molecule has 2 aliphatic rings. The van der Waals surface area contributed by atoms with Crippen molar-refractivity contribution in [2.24, 2.45) is 17.8 Å². The van der Waals surface area contributed by atoms with Crippen molar-refractivity contribution in [3.05, 3.63) is 11.4 Å². The van der Waals surface area contributed by atoms with Crippen LogP contribution in [0, 0.1) is 31.6 Å². The molecule has 0 saturated heterocycles. The molecule has 24 heavy (non-hydrogen) atoms. The van der Waals surface area contributed by atoms with Crippen LogP contribution in [-0.4, -0.2) is 35.3 Å². The number of nitrogens with zero attached hydrogens (tertiary/aromatic N) is 2. The summed E-state index contributed by atoms with van der Waals surface area (Å²) < 4.78 is 30.3. The zero-order chi connectivity index (χ0) is 17.8. The lowest BCUT2D eigenvalue weighted by Crippen LogP contribution is -2.46. The number of hydrogen-bond acceptors (Lipinski definition) is 4. The van der Waals surface area contributed by atoms with E-state index in [0.717, 1.165) is 19.3 Å². The number of nitrogens with one attached hydrogen (secondary N) is 1. The van der Waals surface area contributed by atoms with Gasteiger partial charge in [-0.1, -0.05) is 0 Å². The maximum absolute atomic E-state index is 13.0. The summed E-state index contributed by atoms with van der Waals surface area (Å²) in [5.41, 5.74) is 1.04. The third-order valence-corrected chi connectivity index (χ3v) is 7.22. The van der Waals surface area contributed by atoms with Crippen LogP contribution < -0.4 is 4.72 Å². The maximum Gasteiger partial charge on any atom is 0.308 e. The van der Waals surface area contributed by atoms with Crippen molar-refractivity contribution in [2.45, 2.75) is 63.9 Å². The van der Waals surface area contributed by atoms with Gasteiger partial charge in [-0.3, -0.25) is 9.48 Å². The number of aromatic nitrogens is 2. The van der Waals surface area contributed by atoms with Crippen molar-refractivity contribution in [3.8, 4) is 0 Å². The van der Waals surface area contributed by atoms with Gasteiger partial charge in [-0.05, 0) is 58.8 Å². The molecule has 0 amide bonds. The van der Waals surface area contributed by atoms with Crippen LogP contribution in [0.3, 0.4) is 0 Å². The highest BCUT2D eigenvalue weighted by molar-refractivity contribution is 7.89. The van der Waals surface area contributed by atoms with E-state index >= 15 is 0 Å². The van der Waals surface area contributed by atoms with Crippen LogP contribution >= 0.6 is 0 Å². The van der Waals surface area contributed by atoms with Gasteiger partial charge < -0.3 is 5.11 Å². The van der Waals surface area contributed by atoms with Gasteiger partial charge in [0, 0.05) is 12.1 Å². The summed E-state index contributed by atoms with van der Waals surface area (Å²) in [4.78, 5) is 11.8. The molecule has 1 heterocycles. The number of fused-ring (bicyclic) bond motifs is 2. The zero-order valence-electron chi connectivity index (χ0n) is 14.5. The minimum atomic E-state index is -3.80. The van der Waals surface area contributed by atoms with Crippen molar-refractivity contribution in [1.29, 1.82) is 0 Å². The molecule has 3 rings (SSSR count). The molecule has 4 unspecified atom stereocenters. The quantitative estimate of drug-likeness (QED) is 0.839. The first kappa shape index (κ1) is 17.4. The third-order valence-electron chi connectivity index (χ3n) is 5.51. The second-order valence-electron chi connectivity index (χ2n) is 7.38. The van der Waals surface area contributed by atoms with E-state index in [4.69, 9.17) is 0 Å². The van der Waals surface area contributed by atoms with Crippen LogP contribution in [0.15, 0.2) is 4.90 Å². The van der Waals surface area contributed by atoms with Gasteiger partial charge >= 0.3 is 5.97 Å². The molecule has 8 heteroatoms. The van der Waals surface area contributed by atoms with Crippen molar-refractivity contribution in [1.82, 2.24) is 14.5 Å². The molecule has 2 N–H and O–H groups in total. The summed E-state index contributed by atoms with van der Waals surface area (Å²) in [5, 5.41) is 13.8. The average Bonchev–Trinajstić information content (AvgIpc) is 3.11. The minimum absolute atomic E-state index is 0.0573. The summed E-state index contributed by atoms with van der Waals surface area (Å²) in [6.07, 6.45) is 2.57. The number of aliphatic carboxylic acids is 1. The van der Waals surface area contributed by atoms with Crippen LogP contribution in [0.25, 0.3) is 0 Å². The molecule has 134 valence electrons. The largest absolute Gasteiger partial charge is 0.481 e. The van der Waals surface area contributed by atoms with Gasteiger partial charge in [-0.15, -0.1) is 0 Å². The molecule has 1 aromatic rings. The van der Waals surface area contributed by atoms with E-state index in [9.17, 15) is 18.3 Å². The highest BCUT2D eigenvalue weighted by Gasteiger charge is 2.52. The van der Waals surface area contributed by atoms with Gasteiger partial charge in [0.25, 0.3) is 0 Å². The predicted molar refractivity (Wildman–Crippen MR) is 88.2 cm³/mol. The van der Waals surface area contributed by atoms with Gasteiger partial charge in [0.2, 0.25) is 10.0 Å². The third kappa shape index (κ3) is 2.65. The second kappa shape index (κ2) is 5.84.